The molecule has 1 heterocycles. The van der Waals surface area contributed by atoms with Crippen molar-refractivity contribution < 1.29 is 18.0 Å². The Balaban J connectivity index is 2.08. The van der Waals surface area contributed by atoms with E-state index in [1.807, 2.05) is 0 Å². The molecule has 3 rings (SSSR count). The largest absolute Gasteiger partial charge is 0.366 e. The van der Waals surface area contributed by atoms with E-state index in [0.29, 0.717) is 30.0 Å². The Morgan fingerprint density at radius 3 is 2.52 bits per heavy atom. The second-order valence-electron chi connectivity index (χ2n) is 6.83. The van der Waals surface area contributed by atoms with Gasteiger partial charge in [-0.25, -0.2) is 8.42 Å². The molecule has 0 aromatic heterocycles. The summed E-state index contributed by atoms with van der Waals surface area (Å²) in [6, 6.07) is 11.4. The van der Waals surface area contributed by atoms with E-state index in [2.05, 4.69) is 5.32 Å². The average Bonchev–Trinajstić information content (AvgIpc) is 2.90. The van der Waals surface area contributed by atoms with Crippen LogP contribution in [0.1, 0.15) is 35.2 Å². The van der Waals surface area contributed by atoms with E-state index in [1.54, 1.807) is 18.2 Å². The summed E-state index contributed by atoms with van der Waals surface area (Å²) in [6.45, 7) is 0.351. The highest BCUT2D eigenvalue weighted by molar-refractivity contribution is 7.89. The maximum Gasteiger partial charge on any atom is 0.249 e. The number of halogens is 1. The summed E-state index contributed by atoms with van der Waals surface area (Å²) in [4.78, 5) is 24.5. The van der Waals surface area contributed by atoms with Crippen LogP contribution in [0.3, 0.4) is 0 Å². The molecule has 3 N–H and O–H groups in total. The molecular formula is C20H22ClN3O4S. The van der Waals surface area contributed by atoms with Crippen LogP contribution in [-0.4, -0.2) is 37.1 Å². The molecule has 1 aliphatic heterocycles. The van der Waals surface area contributed by atoms with Gasteiger partial charge in [0.2, 0.25) is 21.8 Å². The summed E-state index contributed by atoms with van der Waals surface area (Å²) < 4.78 is 28.1. The third-order valence-corrected chi connectivity index (χ3v) is 7.00. The van der Waals surface area contributed by atoms with Crippen LogP contribution >= 0.6 is 11.6 Å². The molecule has 9 heteroatoms. The predicted molar refractivity (Wildman–Crippen MR) is 110 cm³/mol. The van der Waals surface area contributed by atoms with Crippen molar-refractivity contribution in [1.29, 1.82) is 0 Å². The molecule has 1 saturated heterocycles. The van der Waals surface area contributed by atoms with Crippen LogP contribution < -0.4 is 11.1 Å². The summed E-state index contributed by atoms with van der Waals surface area (Å²) in [5, 5.41) is 3.18. The van der Waals surface area contributed by atoms with Crippen molar-refractivity contribution in [2.75, 3.05) is 6.54 Å². The Labute approximate surface area is 174 Å². The van der Waals surface area contributed by atoms with E-state index in [-0.39, 0.29) is 22.9 Å². The summed E-state index contributed by atoms with van der Waals surface area (Å²) in [7, 11) is -4.05. The lowest BCUT2D eigenvalue weighted by atomic mass is 10.1. The van der Waals surface area contributed by atoms with Gasteiger partial charge < -0.3 is 11.1 Å². The Hall–Kier alpha value is -2.42. The molecule has 0 radical (unpaired) electrons. The molecule has 154 valence electrons. The molecule has 1 atom stereocenters. The number of carbonyl (C=O) groups excluding carboxylic acids is 2. The Bertz CT molecular complexity index is 1010. The van der Waals surface area contributed by atoms with Crippen molar-refractivity contribution in [3.8, 4) is 0 Å². The number of rotatable bonds is 6. The van der Waals surface area contributed by atoms with Gasteiger partial charge in [-0.2, -0.15) is 4.31 Å². The number of benzene rings is 2. The third-order valence-electron chi connectivity index (χ3n) is 4.88. The van der Waals surface area contributed by atoms with Gasteiger partial charge in [-0.05, 0) is 55.2 Å². The molecule has 7 nitrogen and oxygen atoms in total. The standard InChI is InChI=1S/C20H22ClN3O4S/c21-15-8-10-16(11-9-15)29(27,28)24(18-7-3-4-12-23-20(18)26)13-14-5-1-2-6-17(14)19(22)25/h1-2,5-6,8-11,18H,3-4,7,12-13H2,(H2,22,25)(H,23,26)/t18-/m1/s1. The first kappa shape index (κ1) is 21.3. The second-order valence-corrected chi connectivity index (χ2v) is 9.16. The molecule has 2 amide bonds. The lowest BCUT2D eigenvalue weighted by Gasteiger charge is -2.29. The molecule has 0 spiro atoms. The maximum atomic E-state index is 13.5. The van der Waals surface area contributed by atoms with E-state index >= 15 is 0 Å². The number of primary amides is 1. The fourth-order valence-corrected chi connectivity index (χ4v) is 5.09. The highest BCUT2D eigenvalue weighted by Crippen LogP contribution is 2.26. The first-order valence-electron chi connectivity index (χ1n) is 9.23. The van der Waals surface area contributed by atoms with Crippen molar-refractivity contribution in [3.05, 3.63) is 64.7 Å². The highest BCUT2D eigenvalue weighted by atomic mass is 35.5. The smallest absolute Gasteiger partial charge is 0.249 e. The summed E-state index contributed by atoms with van der Waals surface area (Å²) in [6.07, 6.45) is 1.86. The van der Waals surface area contributed by atoms with Crippen molar-refractivity contribution in [2.24, 2.45) is 5.73 Å². The fourth-order valence-electron chi connectivity index (χ4n) is 3.37. The number of hydrogen-bond donors (Lipinski definition) is 2. The number of amides is 2. The van der Waals surface area contributed by atoms with E-state index in [4.69, 9.17) is 17.3 Å². The molecule has 0 saturated carbocycles. The Morgan fingerprint density at radius 1 is 1.14 bits per heavy atom. The van der Waals surface area contributed by atoms with Crippen molar-refractivity contribution in [3.63, 3.8) is 0 Å². The number of carbonyl (C=O) groups is 2. The number of nitrogens with one attached hydrogen (secondary N) is 1. The number of nitrogens with zero attached hydrogens (tertiary/aromatic N) is 1. The SMILES string of the molecule is NC(=O)c1ccccc1CN([C@@H]1CCCCNC1=O)S(=O)(=O)c1ccc(Cl)cc1. The molecule has 0 unspecified atom stereocenters. The summed E-state index contributed by atoms with van der Waals surface area (Å²) in [5.41, 5.74) is 6.12. The van der Waals surface area contributed by atoms with Crippen molar-refractivity contribution in [1.82, 2.24) is 9.62 Å². The minimum atomic E-state index is -4.05. The zero-order valence-corrected chi connectivity index (χ0v) is 17.2. The molecule has 2 aromatic carbocycles. The van der Waals surface area contributed by atoms with Gasteiger partial charge in [0.05, 0.1) is 4.90 Å². The minimum absolute atomic E-state index is 0.0236. The zero-order chi connectivity index (χ0) is 21.0. The quantitative estimate of drug-likeness (QED) is 0.725. The van der Waals surface area contributed by atoms with Crippen LogP contribution in [0.5, 0.6) is 0 Å². The van der Waals surface area contributed by atoms with E-state index in [0.717, 1.165) is 10.7 Å². The Kier molecular flexibility index (Phi) is 6.56. The van der Waals surface area contributed by atoms with Crippen LogP contribution in [0.25, 0.3) is 0 Å². The van der Waals surface area contributed by atoms with Crippen LogP contribution in [-0.2, 0) is 21.4 Å². The van der Waals surface area contributed by atoms with Crippen LogP contribution in [0.4, 0.5) is 0 Å². The van der Waals surface area contributed by atoms with Crippen molar-refractivity contribution in [2.45, 2.75) is 36.7 Å². The average molecular weight is 436 g/mol. The molecule has 2 aromatic rings. The summed E-state index contributed by atoms with van der Waals surface area (Å²) >= 11 is 5.90. The molecule has 29 heavy (non-hydrogen) atoms. The highest BCUT2D eigenvalue weighted by Gasteiger charge is 2.37. The Morgan fingerprint density at radius 2 is 1.83 bits per heavy atom. The van der Waals surface area contributed by atoms with E-state index in [9.17, 15) is 18.0 Å². The molecule has 0 aliphatic carbocycles. The van der Waals surface area contributed by atoms with Gasteiger partial charge in [-0.3, -0.25) is 9.59 Å². The van der Waals surface area contributed by atoms with Gasteiger partial charge in [0.15, 0.2) is 0 Å². The number of nitrogens with two attached hydrogens (primary N) is 1. The number of hydrogen-bond acceptors (Lipinski definition) is 4. The number of sulfonamides is 1. The molecule has 1 fully saturated rings. The van der Waals surface area contributed by atoms with Gasteiger partial charge in [0.25, 0.3) is 0 Å². The first-order chi connectivity index (χ1) is 13.8. The second kappa shape index (κ2) is 8.94. The topological polar surface area (TPSA) is 110 Å². The van der Waals surface area contributed by atoms with E-state index in [1.165, 1.54) is 30.3 Å². The molecule has 1 aliphatic rings. The van der Waals surface area contributed by atoms with Gasteiger partial charge in [0.1, 0.15) is 6.04 Å². The third kappa shape index (κ3) is 4.77. The van der Waals surface area contributed by atoms with Gasteiger partial charge in [-0.1, -0.05) is 29.8 Å². The fraction of sp³-hybridized carbons (Fsp3) is 0.300. The van der Waals surface area contributed by atoms with Crippen LogP contribution in [0.15, 0.2) is 53.4 Å². The summed E-state index contributed by atoms with van der Waals surface area (Å²) in [5.74, 6) is -1.01. The van der Waals surface area contributed by atoms with Crippen LogP contribution in [0, 0.1) is 0 Å². The predicted octanol–water partition coefficient (Wildman–Crippen LogP) is 2.30. The minimum Gasteiger partial charge on any atom is -0.366 e. The normalized spacial score (nSPS) is 17.6. The van der Waals surface area contributed by atoms with Gasteiger partial charge in [0, 0.05) is 23.7 Å². The zero-order valence-electron chi connectivity index (χ0n) is 15.7. The van der Waals surface area contributed by atoms with Crippen molar-refractivity contribution >= 4 is 33.4 Å². The van der Waals surface area contributed by atoms with Gasteiger partial charge >= 0.3 is 0 Å². The van der Waals surface area contributed by atoms with Crippen LogP contribution in [0.2, 0.25) is 5.02 Å². The monoisotopic (exact) mass is 435 g/mol. The van der Waals surface area contributed by atoms with E-state index < -0.39 is 22.0 Å². The van der Waals surface area contributed by atoms with Gasteiger partial charge in [-0.15, -0.1) is 0 Å². The first-order valence-corrected chi connectivity index (χ1v) is 11.1. The lowest BCUT2D eigenvalue weighted by Crippen LogP contribution is -2.48. The maximum absolute atomic E-state index is 13.5. The molecular weight excluding hydrogens is 414 g/mol. The lowest BCUT2D eigenvalue weighted by molar-refractivity contribution is -0.124. The molecule has 0 bridgehead atoms.